The van der Waals surface area contributed by atoms with E-state index < -0.39 is 0 Å². The van der Waals surface area contributed by atoms with Crippen molar-refractivity contribution in [3.8, 4) is 0 Å². The molecule has 0 unspecified atom stereocenters. The van der Waals surface area contributed by atoms with E-state index in [1.807, 2.05) is 30.3 Å². The Labute approximate surface area is 125 Å². The number of aromatic amines is 2. The normalized spacial score (nSPS) is 11.1. The zero-order valence-corrected chi connectivity index (χ0v) is 11.6. The van der Waals surface area contributed by atoms with Gasteiger partial charge in [0.15, 0.2) is 0 Å². The van der Waals surface area contributed by atoms with Gasteiger partial charge >= 0.3 is 0 Å². The Morgan fingerprint density at radius 3 is 2.91 bits per heavy atom. The number of nitrogens with zero attached hydrogens (tertiary/aromatic N) is 2. The number of carbonyl (C=O) groups is 1. The number of hydrogen-bond donors (Lipinski definition) is 3. The predicted molar refractivity (Wildman–Crippen MR) is 83.4 cm³/mol. The second-order valence-electron chi connectivity index (χ2n) is 5.02. The van der Waals surface area contributed by atoms with Crippen molar-refractivity contribution in [2.45, 2.75) is 6.54 Å². The van der Waals surface area contributed by atoms with E-state index in [2.05, 4.69) is 25.3 Å². The Morgan fingerprint density at radius 1 is 1.09 bits per heavy atom. The van der Waals surface area contributed by atoms with E-state index in [0.29, 0.717) is 12.1 Å². The number of para-hydroxylation sites is 2. The molecule has 0 spiro atoms. The summed E-state index contributed by atoms with van der Waals surface area (Å²) in [6.45, 7) is 0.356. The summed E-state index contributed by atoms with van der Waals surface area (Å²) in [5.74, 6) is 0.592. The molecule has 0 aliphatic rings. The summed E-state index contributed by atoms with van der Waals surface area (Å²) in [7, 11) is 0. The molecule has 0 radical (unpaired) electrons. The number of rotatable bonds is 3. The number of hydrogen-bond acceptors (Lipinski definition) is 3. The van der Waals surface area contributed by atoms with Crippen LogP contribution in [-0.4, -0.2) is 25.8 Å². The number of benzene rings is 2. The first kappa shape index (κ1) is 12.6. The first-order valence-electron chi connectivity index (χ1n) is 6.94. The zero-order valence-electron chi connectivity index (χ0n) is 11.6. The summed E-state index contributed by atoms with van der Waals surface area (Å²) < 4.78 is 0. The molecule has 2 aromatic carbocycles. The third-order valence-electron chi connectivity index (χ3n) is 3.54. The zero-order chi connectivity index (χ0) is 14.9. The van der Waals surface area contributed by atoms with Gasteiger partial charge in [0.2, 0.25) is 0 Å². The van der Waals surface area contributed by atoms with E-state index in [0.717, 1.165) is 27.9 Å². The second kappa shape index (κ2) is 5.00. The Kier molecular flexibility index (Phi) is 2.86. The summed E-state index contributed by atoms with van der Waals surface area (Å²) in [5.41, 5.74) is 4.13. The SMILES string of the molecule is O=C(NCc1nc2ccccc2[nH]1)c1ccc2nc[nH]c2c1. The number of nitrogens with one attached hydrogen (secondary N) is 3. The maximum Gasteiger partial charge on any atom is 0.251 e. The van der Waals surface area contributed by atoms with Crippen molar-refractivity contribution in [1.29, 1.82) is 0 Å². The molecule has 22 heavy (non-hydrogen) atoms. The van der Waals surface area contributed by atoms with Crippen LogP contribution in [0.5, 0.6) is 0 Å². The van der Waals surface area contributed by atoms with Gasteiger partial charge in [-0.15, -0.1) is 0 Å². The van der Waals surface area contributed by atoms with Gasteiger partial charge in [-0.25, -0.2) is 9.97 Å². The lowest BCUT2D eigenvalue weighted by Crippen LogP contribution is -2.23. The lowest BCUT2D eigenvalue weighted by Gasteiger charge is -2.03. The summed E-state index contributed by atoms with van der Waals surface area (Å²) in [5, 5.41) is 2.87. The van der Waals surface area contributed by atoms with Gasteiger partial charge in [-0.3, -0.25) is 4.79 Å². The van der Waals surface area contributed by atoms with Crippen LogP contribution in [0.3, 0.4) is 0 Å². The van der Waals surface area contributed by atoms with Crippen LogP contribution in [0, 0.1) is 0 Å². The summed E-state index contributed by atoms with van der Waals surface area (Å²) in [6.07, 6.45) is 1.61. The predicted octanol–water partition coefficient (Wildman–Crippen LogP) is 2.37. The van der Waals surface area contributed by atoms with E-state index in [9.17, 15) is 4.79 Å². The molecule has 0 atom stereocenters. The fraction of sp³-hybridized carbons (Fsp3) is 0.0625. The summed E-state index contributed by atoms with van der Waals surface area (Å²) >= 11 is 0. The van der Waals surface area contributed by atoms with Gasteiger partial charge in [0.25, 0.3) is 5.91 Å². The number of imidazole rings is 2. The van der Waals surface area contributed by atoms with E-state index in [1.54, 1.807) is 18.5 Å². The number of fused-ring (bicyclic) bond motifs is 2. The van der Waals surface area contributed by atoms with Crippen LogP contribution >= 0.6 is 0 Å². The van der Waals surface area contributed by atoms with Gasteiger partial charge in [-0.2, -0.15) is 0 Å². The van der Waals surface area contributed by atoms with Gasteiger partial charge in [0.05, 0.1) is 34.9 Å². The van der Waals surface area contributed by atoms with Crippen LogP contribution in [0.1, 0.15) is 16.2 Å². The standard InChI is InChI=1S/C16H13N5O/c22-16(10-5-6-11-14(7-10)19-9-18-11)17-8-15-20-12-3-1-2-4-13(12)21-15/h1-7,9H,8H2,(H,17,22)(H,18,19)(H,20,21). The van der Waals surface area contributed by atoms with Crippen molar-refractivity contribution in [3.05, 3.63) is 60.2 Å². The maximum atomic E-state index is 12.2. The molecule has 0 aliphatic carbocycles. The first-order valence-corrected chi connectivity index (χ1v) is 6.94. The van der Waals surface area contributed by atoms with Gasteiger partial charge in [-0.1, -0.05) is 12.1 Å². The minimum atomic E-state index is -0.142. The largest absolute Gasteiger partial charge is 0.345 e. The van der Waals surface area contributed by atoms with Crippen molar-refractivity contribution in [2.75, 3.05) is 0 Å². The van der Waals surface area contributed by atoms with Crippen molar-refractivity contribution in [2.24, 2.45) is 0 Å². The molecule has 2 heterocycles. The van der Waals surface area contributed by atoms with Crippen molar-refractivity contribution in [3.63, 3.8) is 0 Å². The van der Waals surface area contributed by atoms with Crippen LogP contribution in [0.15, 0.2) is 48.8 Å². The molecule has 6 nitrogen and oxygen atoms in total. The molecule has 0 bridgehead atoms. The monoisotopic (exact) mass is 291 g/mol. The van der Waals surface area contributed by atoms with Gasteiger partial charge < -0.3 is 15.3 Å². The first-order chi connectivity index (χ1) is 10.8. The number of H-pyrrole nitrogens is 2. The quantitative estimate of drug-likeness (QED) is 0.541. The highest BCUT2D eigenvalue weighted by atomic mass is 16.1. The average Bonchev–Trinajstić information content (AvgIpc) is 3.17. The lowest BCUT2D eigenvalue weighted by atomic mass is 10.2. The summed E-state index contributed by atoms with van der Waals surface area (Å²) in [6, 6.07) is 13.1. The molecule has 0 fully saturated rings. The van der Waals surface area contributed by atoms with Gasteiger partial charge in [0, 0.05) is 5.56 Å². The van der Waals surface area contributed by atoms with E-state index in [4.69, 9.17) is 0 Å². The molecule has 0 saturated carbocycles. The highest BCUT2D eigenvalue weighted by molar-refractivity contribution is 5.97. The Bertz CT molecular complexity index is 936. The van der Waals surface area contributed by atoms with E-state index in [1.165, 1.54) is 0 Å². The fourth-order valence-corrected chi connectivity index (χ4v) is 2.43. The Hall–Kier alpha value is -3.15. The minimum absolute atomic E-state index is 0.142. The molecular weight excluding hydrogens is 278 g/mol. The van der Waals surface area contributed by atoms with Gasteiger partial charge in [-0.05, 0) is 30.3 Å². The van der Waals surface area contributed by atoms with Crippen molar-refractivity contribution in [1.82, 2.24) is 25.3 Å². The van der Waals surface area contributed by atoms with Crippen molar-refractivity contribution < 1.29 is 4.79 Å². The van der Waals surface area contributed by atoms with Gasteiger partial charge in [0.1, 0.15) is 5.82 Å². The van der Waals surface area contributed by atoms with Crippen LogP contribution in [0.25, 0.3) is 22.1 Å². The Morgan fingerprint density at radius 2 is 2.00 bits per heavy atom. The fourth-order valence-electron chi connectivity index (χ4n) is 2.43. The molecule has 3 N–H and O–H groups in total. The van der Waals surface area contributed by atoms with Crippen molar-refractivity contribution >= 4 is 28.0 Å². The molecular formula is C16H13N5O. The van der Waals surface area contributed by atoms with Crippen LogP contribution in [-0.2, 0) is 6.54 Å². The molecule has 6 heteroatoms. The molecule has 4 rings (SSSR count). The molecule has 108 valence electrons. The highest BCUT2D eigenvalue weighted by Gasteiger charge is 2.08. The molecule has 1 amide bonds. The third-order valence-corrected chi connectivity index (χ3v) is 3.54. The third kappa shape index (κ3) is 2.20. The molecule has 2 aromatic heterocycles. The maximum absolute atomic E-state index is 12.2. The highest BCUT2D eigenvalue weighted by Crippen LogP contribution is 2.12. The average molecular weight is 291 g/mol. The molecule has 0 aliphatic heterocycles. The smallest absolute Gasteiger partial charge is 0.251 e. The van der Waals surface area contributed by atoms with E-state index in [-0.39, 0.29) is 5.91 Å². The lowest BCUT2D eigenvalue weighted by molar-refractivity contribution is 0.0950. The number of aromatic nitrogens is 4. The van der Waals surface area contributed by atoms with Crippen LogP contribution in [0.4, 0.5) is 0 Å². The molecule has 0 saturated heterocycles. The Balaban J connectivity index is 1.51. The number of carbonyl (C=O) groups excluding carboxylic acids is 1. The van der Waals surface area contributed by atoms with E-state index >= 15 is 0 Å². The van der Waals surface area contributed by atoms with Crippen LogP contribution < -0.4 is 5.32 Å². The summed E-state index contributed by atoms with van der Waals surface area (Å²) in [4.78, 5) is 27.0. The van der Waals surface area contributed by atoms with Crippen LogP contribution in [0.2, 0.25) is 0 Å². The molecule has 4 aromatic rings. The topological polar surface area (TPSA) is 86.5 Å². The number of amides is 1. The second-order valence-corrected chi connectivity index (χ2v) is 5.02. The minimum Gasteiger partial charge on any atom is -0.345 e.